The van der Waals surface area contributed by atoms with Crippen molar-refractivity contribution in [1.29, 1.82) is 0 Å². The Balaban J connectivity index is 2.99. The van der Waals surface area contributed by atoms with Crippen LogP contribution in [0.25, 0.3) is 0 Å². The molecule has 0 fully saturated rings. The summed E-state index contributed by atoms with van der Waals surface area (Å²) in [5, 5.41) is 9.02. The molecule has 3 N–H and O–H groups in total. The van der Waals surface area contributed by atoms with Gasteiger partial charge in [0, 0.05) is 19.1 Å². The molecular formula is C12H19FN2O. The van der Waals surface area contributed by atoms with Crippen molar-refractivity contribution in [2.45, 2.75) is 25.9 Å². The van der Waals surface area contributed by atoms with E-state index in [0.29, 0.717) is 5.69 Å². The van der Waals surface area contributed by atoms with Gasteiger partial charge in [-0.05, 0) is 31.5 Å². The zero-order chi connectivity index (χ0) is 12.3. The number of benzene rings is 1. The minimum Gasteiger partial charge on any atom is -0.394 e. The number of anilines is 1. The Labute approximate surface area is 95.7 Å². The van der Waals surface area contributed by atoms with Crippen LogP contribution in [0.3, 0.4) is 0 Å². The lowest BCUT2D eigenvalue weighted by molar-refractivity contribution is 0.269. The molecule has 0 saturated heterocycles. The monoisotopic (exact) mass is 226 g/mol. The van der Waals surface area contributed by atoms with Crippen LogP contribution in [0.5, 0.6) is 0 Å². The van der Waals surface area contributed by atoms with Crippen molar-refractivity contribution in [2.75, 3.05) is 18.6 Å². The van der Waals surface area contributed by atoms with E-state index < -0.39 is 0 Å². The predicted octanol–water partition coefficient (Wildman–Crippen LogP) is 1.66. The molecule has 2 unspecified atom stereocenters. The van der Waals surface area contributed by atoms with Gasteiger partial charge in [0.15, 0.2) is 0 Å². The highest BCUT2D eigenvalue weighted by Gasteiger charge is 2.14. The molecule has 16 heavy (non-hydrogen) atoms. The second-order valence-corrected chi connectivity index (χ2v) is 4.14. The SMILES string of the molecule is CC(N)c1ccc(N(C)C(C)CO)c(F)c1. The third-order valence-corrected chi connectivity index (χ3v) is 2.80. The second-order valence-electron chi connectivity index (χ2n) is 4.14. The van der Waals surface area contributed by atoms with E-state index >= 15 is 0 Å². The van der Waals surface area contributed by atoms with Gasteiger partial charge in [0.2, 0.25) is 0 Å². The van der Waals surface area contributed by atoms with E-state index in [9.17, 15) is 4.39 Å². The van der Waals surface area contributed by atoms with Gasteiger partial charge in [-0.1, -0.05) is 6.07 Å². The Morgan fingerprint density at radius 1 is 1.44 bits per heavy atom. The van der Waals surface area contributed by atoms with Crippen LogP contribution in [0.4, 0.5) is 10.1 Å². The highest BCUT2D eigenvalue weighted by Crippen LogP contribution is 2.23. The standard InChI is InChI=1S/C12H19FN2O/c1-8(7-16)15(3)12-5-4-10(9(2)14)6-11(12)13/h4-6,8-9,16H,7,14H2,1-3H3. The van der Waals surface area contributed by atoms with Crippen LogP contribution in [0.2, 0.25) is 0 Å². The number of rotatable bonds is 4. The topological polar surface area (TPSA) is 49.5 Å². The first-order valence-corrected chi connectivity index (χ1v) is 5.36. The van der Waals surface area contributed by atoms with Crippen LogP contribution in [0.1, 0.15) is 25.5 Å². The third kappa shape index (κ3) is 2.71. The molecule has 1 rings (SSSR count). The molecule has 0 radical (unpaired) electrons. The predicted molar refractivity (Wildman–Crippen MR) is 64.0 cm³/mol. The fraction of sp³-hybridized carbons (Fsp3) is 0.500. The lowest BCUT2D eigenvalue weighted by Crippen LogP contribution is -2.32. The number of likely N-dealkylation sites (N-methyl/N-ethyl adjacent to an activating group) is 1. The number of aliphatic hydroxyl groups is 1. The Morgan fingerprint density at radius 2 is 2.06 bits per heavy atom. The molecule has 4 heteroatoms. The molecule has 0 aliphatic rings. The fourth-order valence-electron chi connectivity index (χ4n) is 1.45. The largest absolute Gasteiger partial charge is 0.394 e. The van der Waals surface area contributed by atoms with Gasteiger partial charge in [-0.15, -0.1) is 0 Å². The van der Waals surface area contributed by atoms with Gasteiger partial charge in [0.05, 0.1) is 12.3 Å². The first-order chi connectivity index (χ1) is 7.47. The maximum atomic E-state index is 13.8. The molecular weight excluding hydrogens is 207 g/mol. The second kappa shape index (κ2) is 5.27. The van der Waals surface area contributed by atoms with E-state index in [1.807, 2.05) is 19.9 Å². The average molecular weight is 226 g/mol. The summed E-state index contributed by atoms with van der Waals surface area (Å²) in [6.07, 6.45) is 0. The summed E-state index contributed by atoms with van der Waals surface area (Å²) in [7, 11) is 1.75. The van der Waals surface area contributed by atoms with Crippen LogP contribution >= 0.6 is 0 Å². The number of halogens is 1. The fourth-order valence-corrected chi connectivity index (χ4v) is 1.45. The van der Waals surface area contributed by atoms with Crippen molar-refractivity contribution in [2.24, 2.45) is 5.73 Å². The van der Waals surface area contributed by atoms with Crippen LogP contribution in [-0.2, 0) is 0 Å². The van der Waals surface area contributed by atoms with Gasteiger partial charge in [-0.25, -0.2) is 4.39 Å². The maximum absolute atomic E-state index is 13.8. The van der Waals surface area contributed by atoms with Crippen molar-refractivity contribution in [1.82, 2.24) is 0 Å². The van der Waals surface area contributed by atoms with Crippen molar-refractivity contribution < 1.29 is 9.50 Å². The zero-order valence-electron chi connectivity index (χ0n) is 9.94. The summed E-state index contributed by atoms with van der Waals surface area (Å²) in [5.41, 5.74) is 6.92. The molecule has 0 aromatic heterocycles. The lowest BCUT2D eigenvalue weighted by atomic mass is 10.1. The van der Waals surface area contributed by atoms with Gasteiger partial charge in [-0.2, -0.15) is 0 Å². The minimum absolute atomic E-state index is 0.00895. The van der Waals surface area contributed by atoms with Crippen molar-refractivity contribution in [3.8, 4) is 0 Å². The molecule has 0 bridgehead atoms. The lowest BCUT2D eigenvalue weighted by Gasteiger charge is -2.26. The van der Waals surface area contributed by atoms with E-state index in [2.05, 4.69) is 0 Å². The summed E-state index contributed by atoms with van der Waals surface area (Å²) in [6.45, 7) is 3.64. The van der Waals surface area contributed by atoms with Crippen LogP contribution in [0.15, 0.2) is 18.2 Å². The summed E-state index contributed by atoms with van der Waals surface area (Å²) in [6, 6.07) is 4.66. The van der Waals surface area contributed by atoms with E-state index in [1.54, 1.807) is 18.0 Å². The highest BCUT2D eigenvalue weighted by molar-refractivity contribution is 5.49. The van der Waals surface area contributed by atoms with Gasteiger partial charge >= 0.3 is 0 Å². The molecule has 1 aromatic rings. The van der Waals surface area contributed by atoms with E-state index in [4.69, 9.17) is 10.8 Å². The number of nitrogens with two attached hydrogens (primary N) is 1. The third-order valence-electron chi connectivity index (χ3n) is 2.80. The number of nitrogens with zero attached hydrogens (tertiary/aromatic N) is 1. The summed E-state index contributed by atoms with van der Waals surface area (Å²) < 4.78 is 13.8. The zero-order valence-corrected chi connectivity index (χ0v) is 9.94. The molecule has 0 aliphatic carbocycles. The molecule has 0 saturated carbocycles. The summed E-state index contributed by atoms with van der Waals surface area (Å²) in [5.74, 6) is -0.308. The van der Waals surface area contributed by atoms with Crippen LogP contribution < -0.4 is 10.6 Å². The van der Waals surface area contributed by atoms with E-state index in [1.165, 1.54) is 6.07 Å². The molecule has 1 aromatic carbocycles. The van der Waals surface area contributed by atoms with Gasteiger partial charge < -0.3 is 15.7 Å². The molecule has 3 nitrogen and oxygen atoms in total. The maximum Gasteiger partial charge on any atom is 0.146 e. The normalized spacial score (nSPS) is 14.6. The molecule has 90 valence electrons. The van der Waals surface area contributed by atoms with E-state index in [0.717, 1.165) is 5.56 Å². The Morgan fingerprint density at radius 3 is 2.50 bits per heavy atom. The molecule has 2 atom stereocenters. The van der Waals surface area contributed by atoms with Crippen LogP contribution in [-0.4, -0.2) is 24.8 Å². The number of hydrogen-bond acceptors (Lipinski definition) is 3. The quantitative estimate of drug-likeness (QED) is 0.821. The Bertz CT molecular complexity index is 355. The van der Waals surface area contributed by atoms with Gasteiger partial charge in [0.1, 0.15) is 5.82 Å². The van der Waals surface area contributed by atoms with Crippen molar-refractivity contribution in [3.05, 3.63) is 29.6 Å². The van der Waals surface area contributed by atoms with E-state index in [-0.39, 0.29) is 24.5 Å². The first kappa shape index (κ1) is 12.9. The van der Waals surface area contributed by atoms with Gasteiger partial charge in [0.25, 0.3) is 0 Å². The summed E-state index contributed by atoms with van der Waals surface area (Å²) in [4.78, 5) is 1.71. The Kier molecular flexibility index (Phi) is 4.26. The smallest absolute Gasteiger partial charge is 0.146 e. The summed E-state index contributed by atoms with van der Waals surface area (Å²) >= 11 is 0. The van der Waals surface area contributed by atoms with Crippen molar-refractivity contribution in [3.63, 3.8) is 0 Å². The molecule has 0 heterocycles. The minimum atomic E-state index is -0.308. The molecule has 0 aliphatic heterocycles. The molecule has 0 spiro atoms. The number of hydrogen-bond donors (Lipinski definition) is 2. The Hall–Kier alpha value is -1.13. The molecule has 0 amide bonds. The highest BCUT2D eigenvalue weighted by atomic mass is 19.1. The number of aliphatic hydroxyl groups excluding tert-OH is 1. The van der Waals surface area contributed by atoms with Gasteiger partial charge in [-0.3, -0.25) is 0 Å². The van der Waals surface area contributed by atoms with Crippen LogP contribution in [0, 0.1) is 5.82 Å². The average Bonchev–Trinajstić information content (AvgIpc) is 2.26. The first-order valence-electron chi connectivity index (χ1n) is 5.36. The van der Waals surface area contributed by atoms with Crippen molar-refractivity contribution >= 4 is 5.69 Å².